The Labute approximate surface area is 134 Å². The first-order chi connectivity index (χ1) is 11.0. The van der Waals surface area contributed by atoms with Gasteiger partial charge in [0.05, 0.1) is 0 Å². The van der Waals surface area contributed by atoms with E-state index in [9.17, 15) is 9.18 Å². The third-order valence-corrected chi connectivity index (χ3v) is 2.98. The van der Waals surface area contributed by atoms with Gasteiger partial charge >= 0.3 is 6.03 Å². The number of hydrogen-bond acceptors (Lipinski definition) is 4. The van der Waals surface area contributed by atoms with E-state index in [1.54, 1.807) is 30.3 Å². The average molecular weight is 317 g/mol. The van der Waals surface area contributed by atoms with Crippen molar-refractivity contribution in [2.45, 2.75) is 26.3 Å². The lowest BCUT2D eigenvalue weighted by Crippen LogP contribution is -2.34. The number of amides is 2. The fourth-order valence-electron chi connectivity index (χ4n) is 1.93. The molecule has 23 heavy (non-hydrogen) atoms. The van der Waals surface area contributed by atoms with Crippen LogP contribution in [-0.4, -0.2) is 28.8 Å². The number of nitrogens with zero attached hydrogens (tertiary/aromatic N) is 2. The van der Waals surface area contributed by atoms with E-state index >= 15 is 0 Å². The van der Waals surface area contributed by atoms with Gasteiger partial charge in [0.15, 0.2) is 5.82 Å². The predicted molar refractivity (Wildman–Crippen MR) is 87.9 cm³/mol. The molecule has 0 saturated heterocycles. The molecule has 1 aromatic carbocycles. The summed E-state index contributed by atoms with van der Waals surface area (Å²) in [6.07, 6.45) is 0.547. The van der Waals surface area contributed by atoms with Gasteiger partial charge in [0.2, 0.25) is 0 Å². The molecule has 0 aliphatic carbocycles. The summed E-state index contributed by atoms with van der Waals surface area (Å²) >= 11 is 0. The average Bonchev–Trinajstić information content (AvgIpc) is 2.50. The molecule has 3 N–H and O–H groups in total. The third-order valence-electron chi connectivity index (χ3n) is 2.98. The van der Waals surface area contributed by atoms with Gasteiger partial charge in [-0.2, -0.15) is 0 Å². The summed E-state index contributed by atoms with van der Waals surface area (Å²) in [5, 5.41) is 16.2. The highest BCUT2D eigenvalue weighted by molar-refractivity contribution is 5.88. The summed E-state index contributed by atoms with van der Waals surface area (Å²) in [6.45, 7) is 4.28. The molecule has 1 aromatic heterocycles. The van der Waals surface area contributed by atoms with E-state index in [0.29, 0.717) is 30.2 Å². The third kappa shape index (κ3) is 5.54. The van der Waals surface area contributed by atoms with Crippen molar-refractivity contribution in [3.63, 3.8) is 0 Å². The molecular weight excluding hydrogens is 297 g/mol. The Balaban J connectivity index is 1.81. The number of nitrogens with one attached hydrogen (secondary N) is 3. The lowest BCUT2D eigenvalue weighted by molar-refractivity contribution is 0.250. The summed E-state index contributed by atoms with van der Waals surface area (Å²) in [4.78, 5) is 11.5. The molecule has 1 heterocycles. The molecule has 2 aromatic rings. The quantitative estimate of drug-likeness (QED) is 0.765. The Hall–Kier alpha value is -2.70. The lowest BCUT2D eigenvalue weighted by atomic mass is 10.1. The second-order valence-electron chi connectivity index (χ2n) is 5.33. The van der Waals surface area contributed by atoms with E-state index in [1.165, 1.54) is 6.07 Å². The molecule has 6 nitrogen and oxygen atoms in total. The van der Waals surface area contributed by atoms with E-state index in [4.69, 9.17) is 0 Å². The number of carbonyl (C=O) groups is 1. The second-order valence-corrected chi connectivity index (χ2v) is 5.33. The van der Waals surface area contributed by atoms with Crippen molar-refractivity contribution in [2.24, 2.45) is 0 Å². The van der Waals surface area contributed by atoms with Crippen LogP contribution in [0.15, 0.2) is 36.4 Å². The molecule has 0 aliphatic rings. The molecule has 7 heteroatoms. The molecule has 2 amide bonds. The Kier molecular flexibility index (Phi) is 5.85. The van der Waals surface area contributed by atoms with Crippen molar-refractivity contribution in [2.75, 3.05) is 17.2 Å². The van der Waals surface area contributed by atoms with E-state index < -0.39 is 0 Å². The van der Waals surface area contributed by atoms with Crippen LogP contribution >= 0.6 is 0 Å². The molecular formula is C16H20FN5O. The summed E-state index contributed by atoms with van der Waals surface area (Å²) in [6, 6.07) is 9.75. The molecule has 0 bridgehead atoms. The van der Waals surface area contributed by atoms with E-state index in [0.717, 1.165) is 0 Å². The number of rotatable bonds is 6. The van der Waals surface area contributed by atoms with Gasteiger partial charge in [0.1, 0.15) is 11.6 Å². The monoisotopic (exact) mass is 317 g/mol. The summed E-state index contributed by atoms with van der Waals surface area (Å²) in [7, 11) is 0. The number of urea groups is 1. The van der Waals surface area contributed by atoms with Gasteiger partial charge < -0.3 is 10.6 Å². The highest BCUT2D eigenvalue weighted by Gasteiger charge is 2.05. The number of carbonyl (C=O) groups excluding carboxylic acids is 1. The highest BCUT2D eigenvalue weighted by atomic mass is 19.1. The maximum absolute atomic E-state index is 13.5. The van der Waals surface area contributed by atoms with Gasteiger partial charge in [-0.25, -0.2) is 9.18 Å². The van der Waals surface area contributed by atoms with Crippen molar-refractivity contribution in [1.29, 1.82) is 0 Å². The normalized spacial score (nSPS) is 10.4. The smallest absolute Gasteiger partial charge is 0.320 e. The summed E-state index contributed by atoms with van der Waals surface area (Å²) < 4.78 is 13.5. The number of aromatic nitrogens is 2. The Morgan fingerprint density at radius 2 is 1.83 bits per heavy atom. The maximum atomic E-state index is 13.5. The maximum Gasteiger partial charge on any atom is 0.320 e. The number of anilines is 2. The van der Waals surface area contributed by atoms with Crippen LogP contribution in [0.2, 0.25) is 0 Å². The van der Waals surface area contributed by atoms with Crippen LogP contribution in [0.1, 0.15) is 19.4 Å². The minimum absolute atomic E-state index is 0.0438. The summed E-state index contributed by atoms with van der Waals surface area (Å²) in [5.41, 5.74) is 0.650. The first-order valence-corrected chi connectivity index (χ1v) is 7.43. The van der Waals surface area contributed by atoms with Crippen LogP contribution in [-0.2, 0) is 6.42 Å². The van der Waals surface area contributed by atoms with Crippen LogP contribution in [0, 0.1) is 5.82 Å². The molecule has 0 radical (unpaired) electrons. The van der Waals surface area contributed by atoms with Gasteiger partial charge in [-0.1, -0.05) is 18.2 Å². The second kappa shape index (κ2) is 8.07. The number of hydrogen-bond donors (Lipinski definition) is 3. The SMILES string of the molecule is CC(C)NC(=O)Nc1ccc(NCCc2ccccc2F)nn1. The van der Waals surface area contributed by atoms with Gasteiger partial charge in [-0.3, -0.25) is 5.32 Å². The standard InChI is InChI=1S/C16H20FN5O/c1-11(2)19-16(23)20-15-8-7-14(21-22-15)18-10-9-12-5-3-4-6-13(12)17/h3-8,11H,9-10H2,1-2H3,(H,18,21)(H2,19,20,22,23). The van der Waals surface area contributed by atoms with E-state index in [1.807, 2.05) is 13.8 Å². The van der Waals surface area contributed by atoms with E-state index in [2.05, 4.69) is 26.1 Å². The first-order valence-electron chi connectivity index (χ1n) is 7.43. The zero-order chi connectivity index (χ0) is 16.7. The Morgan fingerprint density at radius 1 is 1.13 bits per heavy atom. The van der Waals surface area contributed by atoms with E-state index in [-0.39, 0.29) is 17.9 Å². The van der Waals surface area contributed by atoms with Gasteiger partial charge in [-0.15, -0.1) is 10.2 Å². The lowest BCUT2D eigenvalue weighted by Gasteiger charge is -2.10. The fraction of sp³-hybridized carbons (Fsp3) is 0.312. The van der Waals surface area contributed by atoms with Crippen LogP contribution in [0.3, 0.4) is 0 Å². The molecule has 0 aliphatic heterocycles. The molecule has 0 unspecified atom stereocenters. The fourth-order valence-corrected chi connectivity index (χ4v) is 1.93. The molecule has 0 fully saturated rings. The van der Waals surface area contributed by atoms with Gasteiger partial charge in [0, 0.05) is 12.6 Å². The van der Waals surface area contributed by atoms with Crippen molar-refractivity contribution in [3.8, 4) is 0 Å². The Bertz CT molecular complexity index is 645. The molecule has 0 spiro atoms. The Morgan fingerprint density at radius 3 is 2.48 bits per heavy atom. The predicted octanol–water partition coefficient (Wildman–Crippen LogP) is 2.80. The first kappa shape index (κ1) is 16.7. The highest BCUT2D eigenvalue weighted by Crippen LogP contribution is 2.09. The van der Waals surface area contributed by atoms with Gasteiger partial charge in [0.25, 0.3) is 0 Å². The zero-order valence-corrected chi connectivity index (χ0v) is 13.1. The van der Waals surface area contributed by atoms with Crippen LogP contribution in [0.4, 0.5) is 20.8 Å². The molecule has 2 rings (SSSR count). The van der Waals surface area contributed by atoms with Crippen LogP contribution in [0.25, 0.3) is 0 Å². The number of benzene rings is 1. The van der Waals surface area contributed by atoms with Gasteiger partial charge in [-0.05, 0) is 44.0 Å². The number of halogens is 1. The van der Waals surface area contributed by atoms with Crippen molar-refractivity contribution in [1.82, 2.24) is 15.5 Å². The van der Waals surface area contributed by atoms with Crippen LogP contribution < -0.4 is 16.0 Å². The largest absolute Gasteiger partial charge is 0.368 e. The van der Waals surface area contributed by atoms with Crippen LogP contribution in [0.5, 0.6) is 0 Å². The topological polar surface area (TPSA) is 78.9 Å². The molecule has 0 saturated carbocycles. The zero-order valence-electron chi connectivity index (χ0n) is 13.1. The molecule has 122 valence electrons. The summed E-state index contributed by atoms with van der Waals surface area (Å²) in [5.74, 6) is 0.718. The van der Waals surface area contributed by atoms with Crippen molar-refractivity contribution >= 4 is 17.7 Å². The molecule has 0 atom stereocenters. The minimum Gasteiger partial charge on any atom is -0.368 e. The van der Waals surface area contributed by atoms with Crippen molar-refractivity contribution < 1.29 is 9.18 Å². The minimum atomic E-state index is -0.324. The van der Waals surface area contributed by atoms with Crippen molar-refractivity contribution in [3.05, 3.63) is 47.8 Å².